The lowest BCUT2D eigenvalue weighted by Crippen LogP contribution is -2.50. The summed E-state index contributed by atoms with van der Waals surface area (Å²) in [5.41, 5.74) is 0.786. The van der Waals surface area contributed by atoms with Gasteiger partial charge in [-0.2, -0.15) is 8.78 Å². The molecule has 0 saturated carbocycles. The Morgan fingerprint density at radius 1 is 1.16 bits per heavy atom. The van der Waals surface area contributed by atoms with Crippen LogP contribution in [0.4, 0.5) is 14.5 Å². The van der Waals surface area contributed by atoms with E-state index < -0.39 is 6.61 Å². The molecule has 3 rings (SSSR count). The summed E-state index contributed by atoms with van der Waals surface area (Å²) in [7, 11) is 0. The van der Waals surface area contributed by atoms with Crippen LogP contribution in [0.1, 0.15) is 12.8 Å². The molecule has 2 saturated heterocycles. The van der Waals surface area contributed by atoms with Crippen LogP contribution < -0.4 is 9.64 Å². The van der Waals surface area contributed by atoms with Crippen molar-refractivity contribution in [1.29, 1.82) is 0 Å². The quantitative estimate of drug-likeness (QED) is 0.838. The van der Waals surface area contributed by atoms with Crippen molar-refractivity contribution >= 4 is 5.69 Å². The first-order valence-corrected chi connectivity index (χ1v) is 6.77. The molecule has 3 nitrogen and oxygen atoms in total. The Balaban J connectivity index is 1.78. The fourth-order valence-electron chi connectivity index (χ4n) is 3.12. The van der Waals surface area contributed by atoms with Crippen LogP contribution in [-0.2, 0) is 0 Å². The van der Waals surface area contributed by atoms with Gasteiger partial charge in [0.1, 0.15) is 5.75 Å². The summed E-state index contributed by atoms with van der Waals surface area (Å²) >= 11 is 0. The minimum atomic E-state index is -2.77. The highest BCUT2D eigenvalue weighted by atomic mass is 19.3. The van der Waals surface area contributed by atoms with E-state index in [0.29, 0.717) is 6.04 Å². The van der Waals surface area contributed by atoms with E-state index in [9.17, 15) is 8.78 Å². The van der Waals surface area contributed by atoms with Crippen LogP contribution in [-0.4, -0.2) is 43.7 Å². The van der Waals surface area contributed by atoms with Crippen LogP contribution in [0.2, 0.25) is 0 Å². The van der Waals surface area contributed by atoms with Crippen molar-refractivity contribution in [1.82, 2.24) is 4.90 Å². The molecule has 0 radical (unpaired) electrons. The van der Waals surface area contributed by atoms with Crippen molar-refractivity contribution in [3.05, 3.63) is 24.3 Å². The van der Waals surface area contributed by atoms with Gasteiger partial charge in [-0.05, 0) is 31.5 Å². The van der Waals surface area contributed by atoms with Crippen molar-refractivity contribution in [3.63, 3.8) is 0 Å². The van der Waals surface area contributed by atoms with Crippen LogP contribution >= 0.6 is 0 Å². The molecule has 19 heavy (non-hydrogen) atoms. The number of alkyl halides is 2. The number of rotatable bonds is 3. The topological polar surface area (TPSA) is 15.7 Å². The molecule has 0 bridgehead atoms. The number of ether oxygens (including phenoxy) is 1. The summed E-state index contributed by atoms with van der Waals surface area (Å²) in [4.78, 5) is 4.66. The van der Waals surface area contributed by atoms with E-state index in [1.54, 1.807) is 12.1 Å². The molecular weight excluding hydrogens is 250 g/mol. The second-order valence-electron chi connectivity index (χ2n) is 5.12. The number of benzene rings is 1. The van der Waals surface area contributed by atoms with Crippen LogP contribution in [0.15, 0.2) is 24.3 Å². The third-order valence-corrected chi connectivity index (χ3v) is 4.01. The van der Waals surface area contributed by atoms with Gasteiger partial charge < -0.3 is 9.64 Å². The van der Waals surface area contributed by atoms with Gasteiger partial charge >= 0.3 is 6.61 Å². The molecule has 0 aliphatic carbocycles. The number of anilines is 1. The molecule has 2 fully saturated rings. The Bertz CT molecular complexity index is 441. The van der Waals surface area contributed by atoms with Crippen molar-refractivity contribution < 1.29 is 13.5 Å². The van der Waals surface area contributed by atoms with Gasteiger partial charge in [0.05, 0.1) is 5.69 Å². The van der Waals surface area contributed by atoms with Crippen molar-refractivity contribution in [2.45, 2.75) is 25.5 Å². The lowest BCUT2D eigenvalue weighted by molar-refractivity contribution is -0.0495. The molecule has 2 aliphatic rings. The summed E-state index contributed by atoms with van der Waals surface area (Å²) in [5, 5.41) is 0. The number of nitrogens with zero attached hydrogens (tertiary/aromatic N) is 2. The Hall–Kier alpha value is -1.36. The average Bonchev–Trinajstić information content (AvgIpc) is 2.86. The van der Waals surface area contributed by atoms with E-state index in [1.165, 1.54) is 19.4 Å². The second-order valence-corrected chi connectivity index (χ2v) is 5.12. The van der Waals surface area contributed by atoms with Crippen LogP contribution in [0, 0.1) is 0 Å². The highest BCUT2D eigenvalue weighted by molar-refractivity contribution is 5.59. The maximum Gasteiger partial charge on any atom is 0.387 e. The molecule has 0 amide bonds. The van der Waals surface area contributed by atoms with Crippen LogP contribution in [0.5, 0.6) is 5.75 Å². The Morgan fingerprint density at radius 3 is 2.84 bits per heavy atom. The van der Waals surface area contributed by atoms with E-state index in [2.05, 4.69) is 14.5 Å². The number of fused-ring (bicyclic) bond motifs is 1. The molecule has 2 aliphatic heterocycles. The van der Waals surface area contributed by atoms with E-state index in [4.69, 9.17) is 0 Å². The van der Waals surface area contributed by atoms with Gasteiger partial charge in [-0.3, -0.25) is 4.90 Å². The monoisotopic (exact) mass is 268 g/mol. The fraction of sp³-hybridized carbons (Fsp3) is 0.571. The molecule has 1 aromatic carbocycles. The zero-order valence-electron chi connectivity index (χ0n) is 10.8. The molecule has 1 atom stereocenters. The molecule has 1 unspecified atom stereocenters. The summed E-state index contributed by atoms with van der Waals surface area (Å²) in [6, 6.07) is 7.64. The molecule has 2 heterocycles. The SMILES string of the molecule is FC(F)Oc1ccccc1N1CCN2CCCC2C1. The smallest absolute Gasteiger partial charge is 0.387 e. The molecule has 1 aromatic rings. The number of halogens is 2. The summed E-state index contributed by atoms with van der Waals surface area (Å²) in [6.07, 6.45) is 2.45. The predicted octanol–water partition coefficient (Wildman–Crippen LogP) is 2.57. The molecule has 5 heteroatoms. The maximum absolute atomic E-state index is 12.4. The lowest BCUT2D eigenvalue weighted by Gasteiger charge is -2.39. The zero-order valence-corrected chi connectivity index (χ0v) is 10.8. The van der Waals surface area contributed by atoms with Gasteiger partial charge in [0, 0.05) is 25.7 Å². The van der Waals surface area contributed by atoms with Gasteiger partial charge in [-0.15, -0.1) is 0 Å². The van der Waals surface area contributed by atoms with Crippen molar-refractivity contribution in [2.75, 3.05) is 31.1 Å². The van der Waals surface area contributed by atoms with Gasteiger partial charge in [-0.1, -0.05) is 12.1 Å². The normalized spacial score (nSPS) is 23.7. The van der Waals surface area contributed by atoms with Gasteiger partial charge in [0.15, 0.2) is 0 Å². The Labute approximate surface area is 111 Å². The highest BCUT2D eigenvalue weighted by Crippen LogP contribution is 2.32. The first kappa shape index (κ1) is 12.7. The minimum Gasteiger partial charge on any atom is -0.433 e. The van der Waals surface area contributed by atoms with Crippen LogP contribution in [0.3, 0.4) is 0 Å². The maximum atomic E-state index is 12.4. The third-order valence-electron chi connectivity index (χ3n) is 4.01. The predicted molar refractivity (Wildman–Crippen MR) is 69.9 cm³/mol. The van der Waals surface area contributed by atoms with E-state index >= 15 is 0 Å². The number of hydrogen-bond acceptors (Lipinski definition) is 3. The largest absolute Gasteiger partial charge is 0.433 e. The average molecular weight is 268 g/mol. The van der Waals surface area contributed by atoms with Crippen molar-refractivity contribution in [2.24, 2.45) is 0 Å². The van der Waals surface area contributed by atoms with E-state index in [-0.39, 0.29) is 5.75 Å². The third kappa shape index (κ3) is 2.66. The number of hydrogen-bond donors (Lipinski definition) is 0. The van der Waals surface area contributed by atoms with E-state index in [1.807, 2.05) is 12.1 Å². The van der Waals surface area contributed by atoms with Crippen molar-refractivity contribution in [3.8, 4) is 5.75 Å². The molecule has 0 N–H and O–H groups in total. The zero-order chi connectivity index (χ0) is 13.2. The van der Waals surface area contributed by atoms with Gasteiger partial charge in [-0.25, -0.2) is 0 Å². The van der Waals surface area contributed by atoms with Crippen LogP contribution in [0.25, 0.3) is 0 Å². The summed E-state index contributed by atoms with van der Waals surface area (Å²) < 4.78 is 29.5. The molecule has 0 aromatic heterocycles. The number of para-hydroxylation sites is 2. The van der Waals surface area contributed by atoms with E-state index in [0.717, 1.165) is 25.3 Å². The summed E-state index contributed by atoms with van der Waals surface area (Å²) in [5.74, 6) is 0.281. The highest BCUT2D eigenvalue weighted by Gasteiger charge is 2.31. The number of piperazine rings is 1. The molecule has 0 spiro atoms. The van der Waals surface area contributed by atoms with Gasteiger partial charge in [0.2, 0.25) is 0 Å². The Morgan fingerprint density at radius 2 is 2.00 bits per heavy atom. The second kappa shape index (κ2) is 5.33. The first-order valence-electron chi connectivity index (χ1n) is 6.77. The summed E-state index contributed by atoms with van der Waals surface area (Å²) in [6.45, 7) is 1.19. The fourth-order valence-corrected chi connectivity index (χ4v) is 3.12. The Kier molecular flexibility index (Phi) is 3.55. The minimum absolute atomic E-state index is 0.281. The lowest BCUT2D eigenvalue weighted by atomic mass is 10.1. The standard InChI is InChI=1S/C14H18F2N2O/c15-14(16)19-13-6-2-1-5-12(13)18-9-8-17-7-3-4-11(17)10-18/h1-2,5-6,11,14H,3-4,7-10H2. The van der Waals surface area contributed by atoms with Gasteiger partial charge in [0.25, 0.3) is 0 Å². The first-order chi connectivity index (χ1) is 9.24. The molecule has 104 valence electrons. The molecular formula is C14H18F2N2O.